The van der Waals surface area contributed by atoms with Gasteiger partial charge in [0.2, 0.25) is 0 Å². The van der Waals surface area contributed by atoms with Gasteiger partial charge in [-0.2, -0.15) is 0 Å². The number of pyridine rings is 1. The molecule has 5 nitrogen and oxygen atoms in total. The summed E-state index contributed by atoms with van der Waals surface area (Å²) in [6.07, 6.45) is 2.82. The van der Waals surface area contributed by atoms with Gasteiger partial charge in [0.1, 0.15) is 0 Å². The number of anilines is 1. The Bertz CT molecular complexity index is 603. The highest BCUT2D eigenvalue weighted by molar-refractivity contribution is 5.46. The van der Waals surface area contributed by atoms with Crippen LogP contribution in [0.4, 0.5) is 5.69 Å². The molecule has 0 spiro atoms. The number of rotatable bonds is 4. The number of nitrogens with one attached hydrogen (secondary N) is 1. The Kier molecular flexibility index (Phi) is 7.85. The SMILES string of the molecule is CN1CCNCC1.Cc1ccc(N(N)CCc2ccc(C)nc2)cc1. The van der Waals surface area contributed by atoms with Crippen LogP contribution in [-0.4, -0.2) is 49.7 Å². The van der Waals surface area contributed by atoms with Gasteiger partial charge in [0.25, 0.3) is 0 Å². The van der Waals surface area contributed by atoms with Crippen molar-refractivity contribution in [2.75, 3.05) is 44.8 Å². The van der Waals surface area contributed by atoms with Crippen molar-refractivity contribution in [3.8, 4) is 0 Å². The lowest BCUT2D eigenvalue weighted by molar-refractivity contribution is 0.291. The van der Waals surface area contributed by atoms with Crippen molar-refractivity contribution in [2.24, 2.45) is 5.84 Å². The number of likely N-dealkylation sites (N-methyl/N-ethyl adjacent to an activating group) is 1. The first-order valence-corrected chi connectivity index (χ1v) is 8.94. The summed E-state index contributed by atoms with van der Waals surface area (Å²) in [6, 6.07) is 12.4. The van der Waals surface area contributed by atoms with E-state index >= 15 is 0 Å². The molecule has 3 N–H and O–H groups in total. The van der Waals surface area contributed by atoms with E-state index in [4.69, 9.17) is 5.84 Å². The predicted octanol–water partition coefficient (Wildman–Crippen LogP) is 2.14. The molecule has 25 heavy (non-hydrogen) atoms. The van der Waals surface area contributed by atoms with E-state index < -0.39 is 0 Å². The van der Waals surface area contributed by atoms with Gasteiger partial charge in [0.05, 0.1) is 5.69 Å². The predicted molar refractivity (Wildman–Crippen MR) is 106 cm³/mol. The number of hydrazine groups is 1. The number of benzene rings is 1. The first-order chi connectivity index (χ1) is 12.0. The lowest BCUT2D eigenvalue weighted by Crippen LogP contribution is -2.40. The van der Waals surface area contributed by atoms with Crippen LogP contribution in [0.5, 0.6) is 0 Å². The summed E-state index contributed by atoms with van der Waals surface area (Å²) in [5.41, 5.74) is 4.54. The average Bonchev–Trinajstić information content (AvgIpc) is 2.63. The number of aromatic nitrogens is 1. The van der Waals surface area contributed by atoms with Gasteiger partial charge < -0.3 is 15.2 Å². The zero-order chi connectivity index (χ0) is 18.1. The molecule has 1 aromatic heterocycles. The molecule has 0 atom stereocenters. The van der Waals surface area contributed by atoms with Crippen LogP contribution in [0.15, 0.2) is 42.6 Å². The first kappa shape index (κ1) is 19.4. The highest BCUT2D eigenvalue weighted by atomic mass is 15.4. The lowest BCUT2D eigenvalue weighted by atomic mass is 10.2. The minimum absolute atomic E-state index is 0.786. The second kappa shape index (κ2) is 10.1. The standard InChI is InChI=1S/C15H19N3.C5H12N2/c1-12-3-7-15(8-4-12)18(16)10-9-14-6-5-13(2)17-11-14;1-7-4-2-6-3-5-7/h3-8,11H,9-10,16H2,1-2H3;6H,2-5H2,1H3. The largest absolute Gasteiger partial charge is 0.314 e. The van der Waals surface area contributed by atoms with Crippen LogP contribution in [-0.2, 0) is 6.42 Å². The molecule has 0 unspecified atom stereocenters. The van der Waals surface area contributed by atoms with Crippen LogP contribution in [0.25, 0.3) is 0 Å². The smallest absolute Gasteiger partial charge is 0.0517 e. The van der Waals surface area contributed by atoms with E-state index in [1.165, 1.54) is 24.2 Å². The first-order valence-electron chi connectivity index (χ1n) is 8.94. The molecule has 0 aliphatic carbocycles. The van der Waals surface area contributed by atoms with E-state index in [2.05, 4.69) is 47.4 Å². The van der Waals surface area contributed by atoms with Gasteiger partial charge >= 0.3 is 0 Å². The molecule has 3 rings (SSSR count). The van der Waals surface area contributed by atoms with Crippen molar-refractivity contribution < 1.29 is 0 Å². The monoisotopic (exact) mass is 341 g/mol. The van der Waals surface area contributed by atoms with Crippen molar-refractivity contribution in [2.45, 2.75) is 20.3 Å². The van der Waals surface area contributed by atoms with Crippen molar-refractivity contribution in [3.63, 3.8) is 0 Å². The van der Waals surface area contributed by atoms with Crippen LogP contribution in [0.2, 0.25) is 0 Å². The number of aryl methyl sites for hydroxylation is 2. The Labute approximate surface area is 151 Å². The van der Waals surface area contributed by atoms with Gasteiger partial charge in [0, 0.05) is 44.6 Å². The maximum atomic E-state index is 6.04. The minimum Gasteiger partial charge on any atom is -0.314 e. The summed E-state index contributed by atoms with van der Waals surface area (Å²) in [5.74, 6) is 6.04. The van der Waals surface area contributed by atoms with E-state index in [9.17, 15) is 0 Å². The summed E-state index contributed by atoms with van der Waals surface area (Å²) in [5, 5.41) is 5.05. The Morgan fingerprint density at radius 1 is 1.08 bits per heavy atom. The highest BCUT2D eigenvalue weighted by Gasteiger charge is 2.02. The van der Waals surface area contributed by atoms with E-state index in [0.29, 0.717) is 0 Å². The third-order valence-corrected chi connectivity index (χ3v) is 4.32. The number of nitrogens with two attached hydrogens (primary N) is 1. The van der Waals surface area contributed by atoms with Gasteiger partial charge in [0.15, 0.2) is 0 Å². The van der Waals surface area contributed by atoms with Crippen LogP contribution in [0.1, 0.15) is 16.8 Å². The maximum Gasteiger partial charge on any atom is 0.0517 e. The normalized spacial score (nSPS) is 14.6. The molecule has 2 heterocycles. The molecule has 1 aliphatic rings. The van der Waals surface area contributed by atoms with Gasteiger partial charge in [-0.05, 0) is 51.1 Å². The molecule has 1 fully saturated rings. The third-order valence-electron chi connectivity index (χ3n) is 4.32. The molecule has 0 saturated carbocycles. The second-order valence-corrected chi connectivity index (χ2v) is 6.64. The van der Waals surface area contributed by atoms with E-state index in [1.54, 1.807) is 5.01 Å². The van der Waals surface area contributed by atoms with E-state index in [1.807, 2.05) is 31.3 Å². The fourth-order valence-corrected chi connectivity index (χ4v) is 2.54. The molecular weight excluding hydrogens is 310 g/mol. The maximum absolute atomic E-state index is 6.04. The van der Waals surface area contributed by atoms with Crippen LogP contribution >= 0.6 is 0 Å². The molecule has 1 saturated heterocycles. The van der Waals surface area contributed by atoms with Gasteiger partial charge in [-0.25, -0.2) is 5.84 Å². The quantitative estimate of drug-likeness (QED) is 0.659. The molecule has 0 amide bonds. The minimum atomic E-state index is 0.786. The van der Waals surface area contributed by atoms with E-state index in [0.717, 1.165) is 37.4 Å². The van der Waals surface area contributed by atoms with Gasteiger partial charge in [-0.1, -0.05) is 23.8 Å². The topological polar surface area (TPSA) is 57.4 Å². The van der Waals surface area contributed by atoms with Crippen LogP contribution in [0.3, 0.4) is 0 Å². The molecule has 1 aliphatic heterocycles. The average molecular weight is 342 g/mol. The Hall–Kier alpha value is -1.95. The van der Waals surface area contributed by atoms with Crippen LogP contribution < -0.4 is 16.2 Å². The Morgan fingerprint density at radius 2 is 1.76 bits per heavy atom. The lowest BCUT2D eigenvalue weighted by Gasteiger charge is -2.21. The molecule has 5 heteroatoms. The second-order valence-electron chi connectivity index (χ2n) is 6.64. The summed E-state index contributed by atoms with van der Waals surface area (Å²) < 4.78 is 0. The zero-order valence-electron chi connectivity index (χ0n) is 15.7. The molecule has 0 radical (unpaired) electrons. The van der Waals surface area contributed by atoms with Crippen molar-refractivity contribution >= 4 is 5.69 Å². The van der Waals surface area contributed by atoms with Crippen LogP contribution in [0, 0.1) is 13.8 Å². The van der Waals surface area contributed by atoms with E-state index in [-0.39, 0.29) is 0 Å². The number of hydrogen-bond donors (Lipinski definition) is 2. The Morgan fingerprint density at radius 3 is 2.28 bits per heavy atom. The Balaban J connectivity index is 0.000000269. The zero-order valence-corrected chi connectivity index (χ0v) is 15.7. The van der Waals surface area contributed by atoms with Gasteiger partial charge in [-0.3, -0.25) is 4.98 Å². The van der Waals surface area contributed by atoms with Crippen molar-refractivity contribution in [1.82, 2.24) is 15.2 Å². The number of piperazine rings is 1. The third kappa shape index (κ3) is 7.22. The molecular formula is C20H31N5. The highest BCUT2D eigenvalue weighted by Crippen LogP contribution is 2.12. The summed E-state index contributed by atoms with van der Waals surface area (Å²) in [6.45, 7) is 9.59. The number of hydrogen-bond acceptors (Lipinski definition) is 5. The molecule has 0 bridgehead atoms. The fraction of sp³-hybridized carbons (Fsp3) is 0.450. The summed E-state index contributed by atoms with van der Waals surface area (Å²) in [4.78, 5) is 6.61. The molecule has 2 aromatic rings. The number of nitrogens with zero attached hydrogens (tertiary/aromatic N) is 3. The molecule has 136 valence electrons. The van der Waals surface area contributed by atoms with Crippen molar-refractivity contribution in [1.29, 1.82) is 0 Å². The fourth-order valence-electron chi connectivity index (χ4n) is 2.54. The van der Waals surface area contributed by atoms with Gasteiger partial charge in [-0.15, -0.1) is 0 Å². The van der Waals surface area contributed by atoms with Crippen molar-refractivity contribution in [3.05, 3.63) is 59.4 Å². The summed E-state index contributed by atoms with van der Waals surface area (Å²) >= 11 is 0. The molecule has 1 aromatic carbocycles. The summed E-state index contributed by atoms with van der Waals surface area (Å²) in [7, 11) is 2.15.